The van der Waals surface area contributed by atoms with Crippen molar-refractivity contribution in [1.82, 2.24) is 35.3 Å². The maximum atomic E-state index is 4.20. The largest absolute Gasteiger partial charge is 0.296 e. The number of aromatic nitrogens is 6. The van der Waals surface area contributed by atoms with Crippen molar-refractivity contribution in [3.63, 3.8) is 0 Å². The Kier molecular flexibility index (Phi) is 3.85. The van der Waals surface area contributed by atoms with Crippen molar-refractivity contribution in [3.8, 4) is 5.69 Å². The van der Waals surface area contributed by atoms with E-state index in [9.17, 15) is 0 Å². The average Bonchev–Trinajstić information content (AvgIpc) is 3.28. The second kappa shape index (κ2) is 6.29. The van der Waals surface area contributed by atoms with Gasteiger partial charge in [0, 0.05) is 6.20 Å². The summed E-state index contributed by atoms with van der Waals surface area (Å²) in [5, 5.41) is 19.1. The summed E-state index contributed by atoms with van der Waals surface area (Å²) in [7, 11) is 0. The third-order valence-corrected chi connectivity index (χ3v) is 4.48. The first-order chi connectivity index (χ1) is 11.4. The van der Waals surface area contributed by atoms with E-state index in [0.717, 1.165) is 44.0 Å². The third kappa shape index (κ3) is 3.00. The molecule has 0 amide bonds. The normalized spacial score (nSPS) is 16.7. The number of rotatable bonds is 4. The minimum absolute atomic E-state index is 0.607. The van der Waals surface area contributed by atoms with Gasteiger partial charge in [0.2, 0.25) is 0 Å². The second-order valence-corrected chi connectivity index (χ2v) is 5.92. The van der Waals surface area contributed by atoms with Gasteiger partial charge in [-0.15, -0.1) is 5.10 Å². The van der Waals surface area contributed by atoms with Crippen LogP contribution in [-0.2, 0) is 6.54 Å². The molecule has 1 saturated heterocycles. The monoisotopic (exact) mass is 309 g/mol. The first-order valence-electron chi connectivity index (χ1n) is 7.94. The number of tetrazole rings is 1. The van der Waals surface area contributed by atoms with E-state index in [0.29, 0.717) is 5.92 Å². The zero-order valence-electron chi connectivity index (χ0n) is 12.8. The van der Waals surface area contributed by atoms with Gasteiger partial charge in [0.15, 0.2) is 5.82 Å². The Morgan fingerprint density at radius 3 is 2.70 bits per heavy atom. The van der Waals surface area contributed by atoms with Crippen LogP contribution in [0.15, 0.2) is 42.7 Å². The van der Waals surface area contributed by atoms with Crippen LogP contribution in [0.3, 0.4) is 0 Å². The lowest BCUT2D eigenvalue weighted by Crippen LogP contribution is -2.33. The lowest BCUT2D eigenvalue weighted by Gasteiger charge is -2.30. The van der Waals surface area contributed by atoms with Gasteiger partial charge in [0.1, 0.15) is 0 Å². The standard InChI is InChI=1S/C16H19N7/c1-2-4-15(5-3-1)23-16(19-20-21-23)12-22-8-6-13(7-9-22)14-10-17-18-11-14/h1-5,10-11,13H,6-9,12H2,(H,17,18). The van der Waals surface area contributed by atoms with Crippen LogP contribution in [0.4, 0.5) is 0 Å². The molecule has 0 atom stereocenters. The van der Waals surface area contributed by atoms with Gasteiger partial charge in [0.25, 0.3) is 0 Å². The number of para-hydroxylation sites is 1. The molecule has 3 aromatic rings. The van der Waals surface area contributed by atoms with Crippen LogP contribution in [0.25, 0.3) is 5.69 Å². The molecule has 0 aliphatic carbocycles. The summed E-state index contributed by atoms with van der Waals surface area (Å²) in [6.45, 7) is 2.88. The lowest BCUT2D eigenvalue weighted by atomic mass is 9.91. The van der Waals surface area contributed by atoms with Crippen LogP contribution in [0.1, 0.15) is 30.1 Å². The van der Waals surface area contributed by atoms with Crippen molar-refractivity contribution in [2.45, 2.75) is 25.3 Å². The van der Waals surface area contributed by atoms with Crippen LogP contribution >= 0.6 is 0 Å². The van der Waals surface area contributed by atoms with E-state index in [1.165, 1.54) is 5.56 Å². The Hall–Kier alpha value is -2.54. The van der Waals surface area contributed by atoms with Crippen molar-refractivity contribution < 1.29 is 0 Å². The number of hydrogen-bond acceptors (Lipinski definition) is 5. The van der Waals surface area contributed by atoms with Crippen molar-refractivity contribution >= 4 is 0 Å². The Labute approximate surface area is 134 Å². The van der Waals surface area contributed by atoms with Gasteiger partial charge in [-0.25, -0.2) is 0 Å². The zero-order chi connectivity index (χ0) is 15.5. The molecule has 0 radical (unpaired) electrons. The summed E-state index contributed by atoms with van der Waals surface area (Å²) < 4.78 is 1.82. The van der Waals surface area contributed by atoms with E-state index in [-0.39, 0.29) is 0 Å². The molecule has 0 bridgehead atoms. The second-order valence-electron chi connectivity index (χ2n) is 5.92. The minimum Gasteiger partial charge on any atom is -0.296 e. The topological polar surface area (TPSA) is 75.5 Å². The molecule has 1 aliphatic rings. The average molecular weight is 309 g/mol. The van der Waals surface area contributed by atoms with E-state index in [4.69, 9.17) is 0 Å². The quantitative estimate of drug-likeness (QED) is 0.795. The molecule has 0 unspecified atom stereocenters. The van der Waals surface area contributed by atoms with Gasteiger partial charge in [-0.3, -0.25) is 10.00 Å². The predicted octanol–water partition coefficient (Wildman–Crippen LogP) is 1.76. The Bertz CT molecular complexity index is 727. The molecule has 4 rings (SSSR count). The van der Waals surface area contributed by atoms with E-state index in [2.05, 4.69) is 30.6 Å². The molecule has 3 heterocycles. The van der Waals surface area contributed by atoms with Crippen LogP contribution in [0.5, 0.6) is 0 Å². The highest BCUT2D eigenvalue weighted by molar-refractivity contribution is 5.30. The summed E-state index contributed by atoms with van der Waals surface area (Å²) >= 11 is 0. The summed E-state index contributed by atoms with van der Waals surface area (Å²) in [6.07, 6.45) is 6.24. The molecule has 7 nitrogen and oxygen atoms in total. The van der Waals surface area contributed by atoms with Crippen LogP contribution in [0.2, 0.25) is 0 Å². The highest BCUT2D eigenvalue weighted by atomic mass is 15.5. The number of piperidine rings is 1. The number of likely N-dealkylation sites (tertiary alicyclic amines) is 1. The molecule has 1 N–H and O–H groups in total. The molecule has 1 fully saturated rings. The molecule has 2 aromatic heterocycles. The Balaban J connectivity index is 1.42. The van der Waals surface area contributed by atoms with Gasteiger partial charge in [-0.05, 0) is 60.0 Å². The zero-order valence-corrected chi connectivity index (χ0v) is 12.8. The van der Waals surface area contributed by atoms with Gasteiger partial charge < -0.3 is 0 Å². The molecule has 23 heavy (non-hydrogen) atoms. The smallest absolute Gasteiger partial charge is 0.170 e. The maximum absolute atomic E-state index is 4.20. The van der Waals surface area contributed by atoms with Crippen LogP contribution in [-0.4, -0.2) is 48.4 Å². The number of hydrogen-bond donors (Lipinski definition) is 1. The molecule has 1 aliphatic heterocycles. The SMILES string of the molecule is c1ccc(-n2nnnc2CN2CCC(c3cn[nH]c3)CC2)cc1. The fourth-order valence-corrected chi connectivity index (χ4v) is 3.18. The minimum atomic E-state index is 0.607. The van der Waals surface area contributed by atoms with Gasteiger partial charge in [-0.1, -0.05) is 18.2 Å². The van der Waals surface area contributed by atoms with Gasteiger partial charge in [0.05, 0.1) is 18.4 Å². The highest BCUT2D eigenvalue weighted by Gasteiger charge is 2.22. The number of nitrogens with zero attached hydrogens (tertiary/aromatic N) is 6. The first-order valence-corrected chi connectivity index (χ1v) is 7.94. The molecular weight excluding hydrogens is 290 g/mol. The van der Waals surface area contributed by atoms with Crippen molar-refractivity contribution in [1.29, 1.82) is 0 Å². The number of benzene rings is 1. The number of nitrogens with one attached hydrogen (secondary N) is 1. The molecule has 1 aromatic carbocycles. The highest BCUT2D eigenvalue weighted by Crippen LogP contribution is 2.27. The molecule has 7 heteroatoms. The molecule has 118 valence electrons. The molecule has 0 saturated carbocycles. The van der Waals surface area contributed by atoms with Crippen molar-refractivity contribution in [3.05, 3.63) is 54.1 Å². The summed E-state index contributed by atoms with van der Waals surface area (Å²) in [6, 6.07) is 10.0. The number of aromatic amines is 1. The van der Waals surface area contributed by atoms with Gasteiger partial charge in [-0.2, -0.15) is 9.78 Å². The lowest BCUT2D eigenvalue weighted by molar-refractivity contribution is 0.199. The summed E-state index contributed by atoms with van der Waals surface area (Å²) in [5.41, 5.74) is 2.32. The Morgan fingerprint density at radius 2 is 1.96 bits per heavy atom. The molecular formula is C16H19N7. The van der Waals surface area contributed by atoms with Gasteiger partial charge >= 0.3 is 0 Å². The van der Waals surface area contributed by atoms with E-state index < -0.39 is 0 Å². The summed E-state index contributed by atoms with van der Waals surface area (Å²) in [4.78, 5) is 2.42. The third-order valence-electron chi connectivity index (χ3n) is 4.48. The van der Waals surface area contributed by atoms with E-state index in [1.54, 1.807) is 0 Å². The Morgan fingerprint density at radius 1 is 1.13 bits per heavy atom. The van der Waals surface area contributed by atoms with E-state index >= 15 is 0 Å². The molecule has 0 spiro atoms. The van der Waals surface area contributed by atoms with Crippen LogP contribution < -0.4 is 0 Å². The fourth-order valence-electron chi connectivity index (χ4n) is 3.18. The predicted molar refractivity (Wildman–Crippen MR) is 85.0 cm³/mol. The first kappa shape index (κ1) is 14.1. The van der Waals surface area contributed by atoms with Crippen molar-refractivity contribution in [2.75, 3.05) is 13.1 Å². The fraction of sp³-hybridized carbons (Fsp3) is 0.375. The number of H-pyrrole nitrogens is 1. The van der Waals surface area contributed by atoms with Crippen LogP contribution in [0, 0.1) is 0 Å². The van der Waals surface area contributed by atoms with E-state index in [1.807, 2.05) is 47.4 Å². The summed E-state index contributed by atoms with van der Waals surface area (Å²) in [5.74, 6) is 1.49. The van der Waals surface area contributed by atoms with Crippen molar-refractivity contribution in [2.24, 2.45) is 0 Å². The maximum Gasteiger partial charge on any atom is 0.170 e.